The molecule has 0 aliphatic rings. The summed E-state index contributed by atoms with van der Waals surface area (Å²) in [5.41, 5.74) is -0.564. The molecular weight excluding hydrogens is 182 g/mol. The zero-order chi connectivity index (χ0) is 10.6. The minimum absolute atomic E-state index is 0.134. The normalized spacial score (nSPS) is 11.3. The fourth-order valence-corrected chi connectivity index (χ4v) is 1.06. The molecule has 0 saturated heterocycles. The van der Waals surface area contributed by atoms with Crippen molar-refractivity contribution in [1.82, 2.24) is 10.1 Å². The molecule has 0 fully saturated rings. The van der Waals surface area contributed by atoms with E-state index in [0.717, 1.165) is 0 Å². The van der Waals surface area contributed by atoms with Crippen LogP contribution < -0.4 is 0 Å². The van der Waals surface area contributed by atoms with E-state index in [1.165, 1.54) is 0 Å². The van der Waals surface area contributed by atoms with Gasteiger partial charge in [0.2, 0.25) is 11.7 Å². The predicted molar refractivity (Wildman–Crippen MR) is 48.3 cm³/mol. The van der Waals surface area contributed by atoms with Crippen LogP contribution >= 0.6 is 0 Å². The van der Waals surface area contributed by atoms with Crippen LogP contribution in [0, 0.1) is 11.3 Å². The van der Waals surface area contributed by atoms with Gasteiger partial charge in [-0.25, -0.2) is 0 Å². The van der Waals surface area contributed by atoms with Crippen LogP contribution in [0.15, 0.2) is 4.52 Å². The molecule has 76 valence electrons. The van der Waals surface area contributed by atoms with Gasteiger partial charge in [-0.15, -0.1) is 0 Å². The number of hydrogen-bond donors (Lipinski definition) is 0. The van der Waals surface area contributed by atoms with Gasteiger partial charge >= 0.3 is 0 Å². The Hall–Kier alpha value is -1.41. The van der Waals surface area contributed by atoms with Gasteiger partial charge in [0, 0.05) is 6.61 Å². The molecule has 0 atom stereocenters. The van der Waals surface area contributed by atoms with E-state index in [4.69, 9.17) is 14.5 Å². The number of rotatable bonds is 4. The average molecular weight is 195 g/mol. The van der Waals surface area contributed by atoms with Crippen molar-refractivity contribution in [3.05, 3.63) is 11.7 Å². The summed E-state index contributed by atoms with van der Waals surface area (Å²) in [6, 6.07) is 1.94. The molecule has 5 nitrogen and oxygen atoms in total. The standard InChI is InChI=1S/C9H13N3O2/c1-4-13-9(2,3)8-11-7(5-6-10)14-12-8/h4-5H2,1-3H3. The fourth-order valence-electron chi connectivity index (χ4n) is 1.06. The van der Waals surface area contributed by atoms with Crippen molar-refractivity contribution in [2.45, 2.75) is 32.8 Å². The second kappa shape index (κ2) is 4.20. The van der Waals surface area contributed by atoms with Crippen molar-refractivity contribution >= 4 is 0 Å². The summed E-state index contributed by atoms with van der Waals surface area (Å²) in [6.45, 7) is 6.20. The minimum atomic E-state index is -0.564. The number of nitriles is 1. The van der Waals surface area contributed by atoms with Crippen molar-refractivity contribution in [3.8, 4) is 6.07 Å². The molecule has 0 aromatic carbocycles. The Morgan fingerprint density at radius 3 is 2.86 bits per heavy atom. The SMILES string of the molecule is CCOC(C)(C)c1noc(CC#N)n1. The maximum Gasteiger partial charge on any atom is 0.240 e. The van der Waals surface area contributed by atoms with Crippen molar-refractivity contribution in [1.29, 1.82) is 5.26 Å². The van der Waals surface area contributed by atoms with Gasteiger partial charge in [-0.3, -0.25) is 0 Å². The highest BCUT2D eigenvalue weighted by atomic mass is 16.5. The number of aromatic nitrogens is 2. The van der Waals surface area contributed by atoms with E-state index >= 15 is 0 Å². The largest absolute Gasteiger partial charge is 0.368 e. The third kappa shape index (κ3) is 2.30. The highest BCUT2D eigenvalue weighted by Crippen LogP contribution is 2.21. The van der Waals surface area contributed by atoms with Gasteiger partial charge in [0.25, 0.3) is 0 Å². The molecule has 5 heteroatoms. The number of hydrogen-bond acceptors (Lipinski definition) is 5. The van der Waals surface area contributed by atoms with Gasteiger partial charge in [0.15, 0.2) is 0 Å². The summed E-state index contributed by atoms with van der Waals surface area (Å²) >= 11 is 0. The van der Waals surface area contributed by atoms with Crippen molar-refractivity contribution in [3.63, 3.8) is 0 Å². The van der Waals surface area contributed by atoms with E-state index in [-0.39, 0.29) is 6.42 Å². The second-order valence-electron chi connectivity index (χ2n) is 3.29. The average Bonchev–Trinajstić information content (AvgIpc) is 2.54. The van der Waals surface area contributed by atoms with Gasteiger partial charge in [0.05, 0.1) is 6.07 Å². The summed E-state index contributed by atoms with van der Waals surface area (Å²) in [4.78, 5) is 4.06. The van der Waals surface area contributed by atoms with E-state index in [2.05, 4.69) is 10.1 Å². The molecule has 0 N–H and O–H groups in total. The highest BCUT2D eigenvalue weighted by Gasteiger charge is 2.26. The lowest BCUT2D eigenvalue weighted by Gasteiger charge is -2.19. The van der Waals surface area contributed by atoms with Crippen LogP contribution in [0.1, 0.15) is 32.5 Å². The van der Waals surface area contributed by atoms with E-state index < -0.39 is 5.60 Å². The minimum Gasteiger partial charge on any atom is -0.368 e. The summed E-state index contributed by atoms with van der Waals surface area (Å²) in [7, 11) is 0. The van der Waals surface area contributed by atoms with E-state index in [1.807, 2.05) is 26.8 Å². The monoisotopic (exact) mass is 195 g/mol. The summed E-state index contributed by atoms with van der Waals surface area (Å²) in [6.07, 6.45) is 0.134. The first-order valence-electron chi connectivity index (χ1n) is 4.44. The third-order valence-electron chi connectivity index (χ3n) is 1.74. The molecule has 1 aromatic rings. The van der Waals surface area contributed by atoms with Crippen LogP contribution in [0.25, 0.3) is 0 Å². The zero-order valence-electron chi connectivity index (χ0n) is 8.57. The molecular formula is C9H13N3O2. The lowest BCUT2D eigenvalue weighted by Crippen LogP contribution is -2.23. The van der Waals surface area contributed by atoms with Crippen molar-refractivity contribution < 1.29 is 9.26 Å². The Kier molecular flexibility index (Phi) is 3.20. The van der Waals surface area contributed by atoms with Gasteiger partial charge < -0.3 is 9.26 Å². The first-order valence-corrected chi connectivity index (χ1v) is 4.44. The van der Waals surface area contributed by atoms with Crippen LogP contribution in [-0.4, -0.2) is 16.7 Å². The predicted octanol–water partition coefficient (Wildman–Crippen LogP) is 1.41. The lowest BCUT2D eigenvalue weighted by molar-refractivity contribution is -0.0221. The molecule has 0 aliphatic carbocycles. The van der Waals surface area contributed by atoms with Gasteiger partial charge in [-0.2, -0.15) is 10.2 Å². The molecule has 0 radical (unpaired) electrons. The number of ether oxygens (including phenoxy) is 1. The van der Waals surface area contributed by atoms with Crippen molar-refractivity contribution in [2.75, 3.05) is 6.61 Å². The second-order valence-corrected chi connectivity index (χ2v) is 3.29. The quantitative estimate of drug-likeness (QED) is 0.726. The molecule has 1 heterocycles. The summed E-state index contributed by atoms with van der Waals surface area (Å²) < 4.78 is 10.3. The number of nitrogens with zero attached hydrogens (tertiary/aromatic N) is 3. The molecule has 0 saturated carbocycles. The maximum atomic E-state index is 8.43. The molecule has 1 rings (SSSR count). The maximum absolute atomic E-state index is 8.43. The Bertz CT molecular complexity index is 338. The van der Waals surface area contributed by atoms with Crippen LogP contribution in [-0.2, 0) is 16.8 Å². The Morgan fingerprint density at radius 2 is 2.29 bits per heavy atom. The third-order valence-corrected chi connectivity index (χ3v) is 1.74. The summed E-state index contributed by atoms with van der Waals surface area (Å²) in [5, 5.41) is 12.2. The molecule has 0 spiro atoms. The van der Waals surface area contributed by atoms with E-state index in [0.29, 0.717) is 18.3 Å². The first-order chi connectivity index (χ1) is 6.60. The topological polar surface area (TPSA) is 71.9 Å². The molecule has 0 amide bonds. The van der Waals surface area contributed by atoms with E-state index in [1.54, 1.807) is 0 Å². The Balaban J connectivity index is 2.80. The Morgan fingerprint density at radius 1 is 1.57 bits per heavy atom. The van der Waals surface area contributed by atoms with Crippen LogP contribution in [0.2, 0.25) is 0 Å². The van der Waals surface area contributed by atoms with Crippen LogP contribution in [0.3, 0.4) is 0 Å². The summed E-state index contributed by atoms with van der Waals surface area (Å²) in [5.74, 6) is 0.805. The fraction of sp³-hybridized carbons (Fsp3) is 0.667. The van der Waals surface area contributed by atoms with Gasteiger partial charge in [0.1, 0.15) is 12.0 Å². The molecule has 14 heavy (non-hydrogen) atoms. The van der Waals surface area contributed by atoms with Crippen LogP contribution in [0.4, 0.5) is 0 Å². The highest BCUT2D eigenvalue weighted by molar-refractivity contribution is 4.99. The molecule has 0 aliphatic heterocycles. The van der Waals surface area contributed by atoms with Gasteiger partial charge in [-0.1, -0.05) is 5.16 Å². The first kappa shape index (κ1) is 10.7. The lowest BCUT2D eigenvalue weighted by atomic mass is 10.1. The zero-order valence-corrected chi connectivity index (χ0v) is 8.57. The molecule has 0 unspecified atom stereocenters. The smallest absolute Gasteiger partial charge is 0.240 e. The Labute approximate surface area is 82.7 Å². The molecule has 1 aromatic heterocycles. The van der Waals surface area contributed by atoms with Gasteiger partial charge in [-0.05, 0) is 20.8 Å². The molecule has 0 bridgehead atoms. The van der Waals surface area contributed by atoms with Crippen LogP contribution in [0.5, 0.6) is 0 Å². The van der Waals surface area contributed by atoms with Crippen molar-refractivity contribution in [2.24, 2.45) is 0 Å². The van der Waals surface area contributed by atoms with E-state index in [9.17, 15) is 0 Å².